The molecular weight excluding hydrogens is 422 g/mol. The van der Waals surface area contributed by atoms with Crippen molar-refractivity contribution in [2.45, 2.75) is 97.6 Å². The second-order valence-corrected chi connectivity index (χ2v) is 9.97. The van der Waals surface area contributed by atoms with Gasteiger partial charge in [-0.05, 0) is 31.6 Å². The molecule has 0 aromatic heterocycles. The molecule has 1 heterocycles. The molecule has 192 valence electrons. The summed E-state index contributed by atoms with van der Waals surface area (Å²) >= 11 is 0. The van der Waals surface area contributed by atoms with Crippen molar-refractivity contribution in [2.24, 2.45) is 23.5 Å². The van der Waals surface area contributed by atoms with Crippen LogP contribution in [-0.2, 0) is 23.9 Å². The standard InChI is InChI=1S/C25H47N3O5/c1-10-16(4)23(27(7)25(31)22(26)15(2)3)20(32-8)14-21(30)28-13-11-12-19(28)24(33-9)17(5)18(6)29/h15-17,19-20,22-24H,10-14,26H2,1-9H3/t16-,17-,19-,20+,22-,23-,24+/m0/s1. The molecule has 1 aliphatic heterocycles. The number of ketones is 1. The highest BCUT2D eigenvalue weighted by molar-refractivity contribution is 5.82. The van der Waals surface area contributed by atoms with Crippen molar-refractivity contribution in [3.8, 4) is 0 Å². The van der Waals surface area contributed by atoms with Crippen LogP contribution in [0.5, 0.6) is 0 Å². The van der Waals surface area contributed by atoms with Crippen LogP contribution in [0.1, 0.15) is 67.2 Å². The normalized spacial score (nSPS) is 21.9. The number of hydrogen-bond donors (Lipinski definition) is 1. The second kappa shape index (κ2) is 13.4. The van der Waals surface area contributed by atoms with E-state index < -0.39 is 12.1 Å². The van der Waals surface area contributed by atoms with Crippen molar-refractivity contribution in [2.75, 3.05) is 27.8 Å². The van der Waals surface area contributed by atoms with E-state index in [1.54, 1.807) is 33.1 Å². The summed E-state index contributed by atoms with van der Waals surface area (Å²) in [5, 5.41) is 0. The molecule has 8 nitrogen and oxygen atoms in total. The average Bonchev–Trinajstić information content (AvgIpc) is 3.26. The van der Waals surface area contributed by atoms with Crippen LogP contribution in [0, 0.1) is 17.8 Å². The molecule has 0 aliphatic carbocycles. The molecule has 7 atom stereocenters. The quantitative estimate of drug-likeness (QED) is 0.445. The summed E-state index contributed by atoms with van der Waals surface area (Å²) < 4.78 is 11.5. The fourth-order valence-corrected chi connectivity index (χ4v) is 4.91. The molecule has 2 amide bonds. The second-order valence-electron chi connectivity index (χ2n) is 9.97. The van der Waals surface area contributed by atoms with Gasteiger partial charge in [0, 0.05) is 33.7 Å². The van der Waals surface area contributed by atoms with E-state index in [-0.39, 0.29) is 60.0 Å². The van der Waals surface area contributed by atoms with Gasteiger partial charge in [-0.25, -0.2) is 0 Å². The molecule has 1 saturated heterocycles. The van der Waals surface area contributed by atoms with E-state index in [1.807, 2.05) is 25.7 Å². The number of methoxy groups -OCH3 is 2. The van der Waals surface area contributed by atoms with Crippen LogP contribution in [0.15, 0.2) is 0 Å². The summed E-state index contributed by atoms with van der Waals surface area (Å²) in [5.74, 6) is -0.284. The van der Waals surface area contributed by atoms with Crippen LogP contribution in [0.25, 0.3) is 0 Å². The minimum Gasteiger partial charge on any atom is -0.379 e. The number of Topliss-reactive ketones (excluding diaryl/α,β-unsaturated/α-hetero) is 1. The molecule has 2 N–H and O–H groups in total. The largest absolute Gasteiger partial charge is 0.379 e. The number of ether oxygens (including phenoxy) is 2. The number of hydrogen-bond acceptors (Lipinski definition) is 6. The fraction of sp³-hybridized carbons (Fsp3) is 0.880. The average molecular weight is 470 g/mol. The summed E-state index contributed by atoms with van der Waals surface area (Å²) in [7, 11) is 4.94. The Morgan fingerprint density at radius 3 is 2.18 bits per heavy atom. The Morgan fingerprint density at radius 2 is 1.73 bits per heavy atom. The Balaban J connectivity index is 3.11. The van der Waals surface area contributed by atoms with Gasteiger partial charge in [-0.3, -0.25) is 14.4 Å². The van der Waals surface area contributed by atoms with Crippen molar-refractivity contribution < 1.29 is 23.9 Å². The highest BCUT2D eigenvalue weighted by atomic mass is 16.5. The molecule has 1 rings (SSSR count). The van der Waals surface area contributed by atoms with Gasteiger partial charge >= 0.3 is 0 Å². The van der Waals surface area contributed by atoms with Crippen LogP contribution in [-0.4, -0.2) is 85.5 Å². The van der Waals surface area contributed by atoms with Crippen LogP contribution in [0.3, 0.4) is 0 Å². The van der Waals surface area contributed by atoms with Crippen LogP contribution in [0.2, 0.25) is 0 Å². The van der Waals surface area contributed by atoms with E-state index in [0.29, 0.717) is 6.54 Å². The Labute approximate surface area is 200 Å². The summed E-state index contributed by atoms with van der Waals surface area (Å²) in [4.78, 5) is 42.0. The van der Waals surface area contributed by atoms with Gasteiger partial charge in [0.2, 0.25) is 11.8 Å². The number of nitrogens with two attached hydrogens (primary N) is 1. The third-order valence-corrected chi connectivity index (χ3v) is 7.49. The van der Waals surface area contributed by atoms with Gasteiger partial charge in [-0.15, -0.1) is 0 Å². The molecule has 0 aromatic carbocycles. The van der Waals surface area contributed by atoms with Gasteiger partial charge in [0.25, 0.3) is 0 Å². The maximum atomic E-state index is 13.5. The van der Waals surface area contributed by atoms with Gasteiger partial charge < -0.3 is 25.0 Å². The topological polar surface area (TPSA) is 102 Å². The van der Waals surface area contributed by atoms with E-state index in [1.165, 1.54) is 0 Å². The minimum absolute atomic E-state index is 0.0137. The van der Waals surface area contributed by atoms with Crippen LogP contribution in [0.4, 0.5) is 0 Å². The first-order valence-electron chi connectivity index (χ1n) is 12.3. The molecule has 8 heteroatoms. The SMILES string of the molecule is CC[C@H](C)[C@@H]([C@@H](CC(=O)N1CCC[C@H]1[C@H](OC)[C@@H](C)C(C)=O)OC)N(C)C(=O)[C@@H](N)C(C)C. The first-order chi connectivity index (χ1) is 15.4. The van der Waals surface area contributed by atoms with Crippen molar-refractivity contribution >= 4 is 17.6 Å². The molecule has 1 aliphatic rings. The van der Waals surface area contributed by atoms with E-state index >= 15 is 0 Å². The van der Waals surface area contributed by atoms with Gasteiger partial charge in [0.1, 0.15) is 5.78 Å². The predicted molar refractivity (Wildman–Crippen MR) is 130 cm³/mol. The van der Waals surface area contributed by atoms with E-state index in [4.69, 9.17) is 15.2 Å². The molecule has 33 heavy (non-hydrogen) atoms. The summed E-state index contributed by atoms with van der Waals surface area (Å²) in [6.45, 7) is 12.0. The summed E-state index contributed by atoms with van der Waals surface area (Å²) in [6.07, 6.45) is 1.86. The Bertz CT molecular complexity index is 656. The molecule has 0 bridgehead atoms. The summed E-state index contributed by atoms with van der Waals surface area (Å²) in [6, 6.07) is -1.03. The molecular formula is C25H47N3O5. The third kappa shape index (κ3) is 7.23. The number of nitrogens with zero attached hydrogens (tertiary/aromatic N) is 2. The van der Waals surface area contributed by atoms with Crippen molar-refractivity contribution in [3.63, 3.8) is 0 Å². The minimum atomic E-state index is -0.603. The lowest BCUT2D eigenvalue weighted by atomic mass is 9.89. The smallest absolute Gasteiger partial charge is 0.239 e. The third-order valence-electron chi connectivity index (χ3n) is 7.49. The highest BCUT2D eigenvalue weighted by Gasteiger charge is 2.41. The first kappa shape index (κ1) is 29.5. The highest BCUT2D eigenvalue weighted by Crippen LogP contribution is 2.29. The van der Waals surface area contributed by atoms with Crippen LogP contribution < -0.4 is 5.73 Å². The van der Waals surface area contributed by atoms with Gasteiger partial charge in [-0.2, -0.15) is 0 Å². The molecule has 0 spiro atoms. The number of rotatable bonds is 13. The summed E-state index contributed by atoms with van der Waals surface area (Å²) in [5.41, 5.74) is 6.15. The molecule has 0 saturated carbocycles. The fourth-order valence-electron chi connectivity index (χ4n) is 4.91. The van der Waals surface area contributed by atoms with E-state index in [9.17, 15) is 14.4 Å². The van der Waals surface area contributed by atoms with Gasteiger partial charge in [0.15, 0.2) is 0 Å². The lowest BCUT2D eigenvalue weighted by Crippen LogP contribution is -2.56. The Kier molecular flexibility index (Phi) is 12.0. The van der Waals surface area contributed by atoms with E-state index in [2.05, 4.69) is 13.8 Å². The molecule has 0 radical (unpaired) electrons. The van der Waals surface area contributed by atoms with Gasteiger partial charge in [0.05, 0.1) is 36.8 Å². The number of likely N-dealkylation sites (N-methyl/N-ethyl adjacent to an activating group) is 1. The predicted octanol–water partition coefficient (Wildman–Crippen LogP) is 2.48. The van der Waals surface area contributed by atoms with Crippen molar-refractivity contribution in [1.29, 1.82) is 0 Å². The monoisotopic (exact) mass is 469 g/mol. The number of amides is 2. The zero-order chi connectivity index (χ0) is 25.5. The molecule has 1 fully saturated rings. The Morgan fingerprint density at radius 1 is 1.12 bits per heavy atom. The van der Waals surface area contributed by atoms with E-state index in [0.717, 1.165) is 19.3 Å². The zero-order valence-electron chi connectivity index (χ0n) is 22.2. The van der Waals surface area contributed by atoms with Crippen molar-refractivity contribution in [1.82, 2.24) is 9.80 Å². The first-order valence-corrected chi connectivity index (χ1v) is 12.3. The number of carbonyl (C=O) groups is 3. The molecule has 0 unspecified atom stereocenters. The molecule has 0 aromatic rings. The van der Waals surface area contributed by atoms with Crippen molar-refractivity contribution in [3.05, 3.63) is 0 Å². The lowest BCUT2D eigenvalue weighted by Gasteiger charge is -2.40. The van der Waals surface area contributed by atoms with Crippen LogP contribution >= 0.6 is 0 Å². The zero-order valence-corrected chi connectivity index (χ0v) is 22.2. The number of carbonyl (C=O) groups excluding carboxylic acids is 3. The lowest BCUT2D eigenvalue weighted by molar-refractivity contribution is -0.146. The maximum absolute atomic E-state index is 13.5. The maximum Gasteiger partial charge on any atom is 0.239 e. The Hall–Kier alpha value is -1.51. The number of likely N-dealkylation sites (tertiary alicyclic amines) is 1. The van der Waals surface area contributed by atoms with Gasteiger partial charge in [-0.1, -0.05) is 41.0 Å².